The lowest BCUT2D eigenvalue weighted by Gasteiger charge is -2.25. The van der Waals surface area contributed by atoms with Gasteiger partial charge in [-0.3, -0.25) is 19.2 Å². The number of benzene rings is 3. The maximum Gasteiger partial charge on any atom is 0.226 e. The lowest BCUT2D eigenvalue weighted by molar-refractivity contribution is -0.118. The van der Waals surface area contributed by atoms with Gasteiger partial charge in [0.15, 0.2) is 40.3 Å². The van der Waals surface area contributed by atoms with Crippen LogP contribution in [0, 0.1) is 5.92 Å². The molecule has 2 aliphatic rings. The van der Waals surface area contributed by atoms with Crippen LogP contribution in [0.2, 0.25) is 0 Å². The number of aryl methyl sites for hydroxylation is 1. The Labute approximate surface area is 266 Å². The molecule has 46 heavy (non-hydrogen) atoms. The summed E-state index contributed by atoms with van der Waals surface area (Å²) in [7, 11) is 8.74. The molecule has 2 aliphatic carbocycles. The van der Waals surface area contributed by atoms with Crippen LogP contribution in [-0.2, 0) is 16.8 Å². The summed E-state index contributed by atoms with van der Waals surface area (Å²) in [6.45, 7) is 3.37. The van der Waals surface area contributed by atoms with Gasteiger partial charge in [0.25, 0.3) is 0 Å². The molecule has 0 radical (unpaired) electrons. The highest BCUT2D eigenvalue weighted by Gasteiger charge is 2.55. The van der Waals surface area contributed by atoms with E-state index in [1.165, 1.54) is 52.7 Å². The summed E-state index contributed by atoms with van der Waals surface area (Å²) in [5, 5.41) is 14.2. The largest absolute Gasteiger partial charge is 0.493 e. The number of ether oxygens (including phenoxy) is 6. The second kappa shape index (κ2) is 13.5. The molecule has 2 N–H and O–H groups in total. The monoisotopic (exact) mass is 635 g/mol. The quantitative estimate of drug-likeness (QED) is 0.321. The lowest BCUT2D eigenvalue weighted by Crippen LogP contribution is -2.39. The van der Waals surface area contributed by atoms with Crippen LogP contribution in [0.15, 0.2) is 36.4 Å². The van der Waals surface area contributed by atoms with E-state index >= 15 is 0 Å². The van der Waals surface area contributed by atoms with Gasteiger partial charge < -0.3 is 38.8 Å². The first-order chi connectivity index (χ1) is 21.9. The predicted molar refractivity (Wildman–Crippen MR) is 167 cm³/mol. The zero-order valence-electron chi connectivity index (χ0n) is 27.0. The number of amides is 1. The van der Waals surface area contributed by atoms with E-state index in [0.29, 0.717) is 17.9 Å². The number of fused-ring (bicyclic) bond motifs is 2. The minimum absolute atomic E-state index is 0.0222. The average molecular weight is 636 g/mol. The average Bonchev–Trinajstić information content (AvgIpc) is 3.52. The van der Waals surface area contributed by atoms with E-state index in [4.69, 9.17) is 28.4 Å². The van der Waals surface area contributed by atoms with E-state index in [2.05, 4.69) is 5.32 Å². The Kier molecular flexibility index (Phi) is 9.91. The van der Waals surface area contributed by atoms with Crippen molar-refractivity contribution in [3.8, 4) is 34.5 Å². The minimum Gasteiger partial charge on any atom is -0.493 e. The van der Waals surface area contributed by atoms with Gasteiger partial charge in [0.05, 0.1) is 48.3 Å². The number of hydrogen-bond donors (Lipinski definition) is 2. The number of Topliss-reactive ketones (excluding diaryl/α,β-unsaturated/α-hetero) is 3. The van der Waals surface area contributed by atoms with Crippen LogP contribution in [0.3, 0.4) is 0 Å². The highest BCUT2D eigenvalue weighted by Crippen LogP contribution is 2.47. The van der Waals surface area contributed by atoms with Crippen LogP contribution in [0.4, 0.5) is 5.69 Å². The van der Waals surface area contributed by atoms with Gasteiger partial charge in [0.1, 0.15) is 0 Å². The number of hydrogen-bond acceptors (Lipinski definition) is 11. The third kappa shape index (κ3) is 5.83. The fourth-order valence-corrected chi connectivity index (χ4v) is 5.32. The van der Waals surface area contributed by atoms with Gasteiger partial charge >= 0.3 is 0 Å². The van der Waals surface area contributed by atoms with Crippen LogP contribution in [0.5, 0.6) is 34.5 Å². The van der Waals surface area contributed by atoms with Crippen LogP contribution < -0.4 is 33.7 Å². The molecule has 0 fully saturated rings. The molecule has 1 amide bonds. The van der Waals surface area contributed by atoms with Crippen molar-refractivity contribution < 1.29 is 52.7 Å². The summed E-state index contributed by atoms with van der Waals surface area (Å²) < 4.78 is 31.3. The highest BCUT2D eigenvalue weighted by atomic mass is 16.5. The summed E-state index contributed by atoms with van der Waals surface area (Å²) in [5.74, 6) is -0.0793. The topological polar surface area (TPSA) is 156 Å². The molecular weight excluding hydrogens is 598 g/mol. The van der Waals surface area contributed by atoms with Crippen LogP contribution >= 0.6 is 0 Å². The number of nitrogens with one attached hydrogen (secondary N) is 1. The summed E-state index contributed by atoms with van der Waals surface area (Å²) >= 11 is 0. The molecule has 0 saturated carbocycles. The Morgan fingerprint density at radius 3 is 1.52 bits per heavy atom. The van der Waals surface area contributed by atoms with Gasteiger partial charge in [-0.2, -0.15) is 0 Å². The van der Waals surface area contributed by atoms with Crippen LogP contribution in [-0.4, -0.2) is 71.0 Å². The standard InChI is InChI=1S/C23H25NO8.C11H12O3/c1-11(2)22(27)24-15-10-19(32-6)18(31-5)9-14(15)23(28)20(25)12-7-16(29-3)17(30-4)8-13(12)21(23)26;1-13-10-5-7-3-4-9(12)8(7)6-11(10)14-2/h7-11,28H,1-6H3,(H,24,27);5-6H,3-4H2,1-2H3. The van der Waals surface area contributed by atoms with Gasteiger partial charge in [0.2, 0.25) is 23.1 Å². The van der Waals surface area contributed by atoms with Crippen molar-refractivity contribution in [1.82, 2.24) is 0 Å². The molecule has 5 rings (SSSR count). The molecule has 0 saturated heterocycles. The Bertz CT molecular complexity index is 1670. The van der Waals surface area contributed by atoms with Crippen molar-refractivity contribution in [1.29, 1.82) is 0 Å². The maximum absolute atomic E-state index is 13.4. The van der Waals surface area contributed by atoms with Crippen LogP contribution in [0.25, 0.3) is 0 Å². The molecule has 0 aliphatic heterocycles. The molecule has 0 unspecified atom stereocenters. The molecule has 12 heteroatoms. The zero-order chi connectivity index (χ0) is 33.9. The number of carbonyl (C=O) groups is 4. The molecule has 0 atom stereocenters. The number of carbonyl (C=O) groups excluding carboxylic acids is 4. The van der Waals surface area contributed by atoms with Crippen molar-refractivity contribution in [3.63, 3.8) is 0 Å². The van der Waals surface area contributed by atoms with Gasteiger partial charge in [-0.1, -0.05) is 13.8 Å². The van der Waals surface area contributed by atoms with Gasteiger partial charge in [0, 0.05) is 40.7 Å². The summed E-state index contributed by atoms with van der Waals surface area (Å²) in [5.41, 5.74) is -0.878. The number of aliphatic hydroxyl groups is 1. The van der Waals surface area contributed by atoms with Crippen molar-refractivity contribution >= 4 is 28.9 Å². The molecule has 0 bridgehead atoms. The van der Waals surface area contributed by atoms with E-state index in [9.17, 15) is 24.3 Å². The second-order valence-corrected chi connectivity index (χ2v) is 10.8. The van der Waals surface area contributed by atoms with Crippen molar-refractivity contribution in [3.05, 3.63) is 64.2 Å². The third-order valence-electron chi connectivity index (χ3n) is 7.90. The molecule has 0 aromatic heterocycles. The Balaban J connectivity index is 0.000000284. The Morgan fingerprint density at radius 2 is 1.07 bits per heavy atom. The summed E-state index contributed by atoms with van der Waals surface area (Å²) in [4.78, 5) is 50.6. The first-order valence-corrected chi connectivity index (χ1v) is 14.3. The number of rotatable bonds is 9. The molecule has 12 nitrogen and oxygen atoms in total. The van der Waals surface area contributed by atoms with Crippen molar-refractivity contribution in [2.75, 3.05) is 48.0 Å². The van der Waals surface area contributed by atoms with E-state index in [0.717, 1.165) is 17.5 Å². The van der Waals surface area contributed by atoms with E-state index in [1.807, 2.05) is 6.07 Å². The molecule has 3 aromatic rings. The van der Waals surface area contributed by atoms with E-state index in [1.54, 1.807) is 34.1 Å². The fourth-order valence-electron chi connectivity index (χ4n) is 5.32. The zero-order valence-corrected chi connectivity index (χ0v) is 27.0. The van der Waals surface area contributed by atoms with Gasteiger partial charge in [-0.15, -0.1) is 0 Å². The van der Waals surface area contributed by atoms with E-state index in [-0.39, 0.29) is 57.1 Å². The highest BCUT2D eigenvalue weighted by molar-refractivity contribution is 6.32. The molecule has 0 heterocycles. The first-order valence-electron chi connectivity index (χ1n) is 14.3. The first kappa shape index (κ1) is 33.8. The third-order valence-corrected chi connectivity index (χ3v) is 7.90. The minimum atomic E-state index is -2.60. The van der Waals surface area contributed by atoms with Gasteiger partial charge in [-0.25, -0.2) is 0 Å². The predicted octanol–water partition coefficient (Wildman–Crippen LogP) is 4.42. The Hall–Kier alpha value is -5.10. The Morgan fingerprint density at radius 1 is 0.652 bits per heavy atom. The lowest BCUT2D eigenvalue weighted by atomic mass is 9.87. The van der Waals surface area contributed by atoms with Crippen LogP contribution in [0.1, 0.15) is 62.5 Å². The SMILES string of the molecule is COc1cc(NC(=O)C(C)C)c(C2(O)C(=O)c3cc(OC)c(OC)cc3C2=O)cc1OC.COc1cc2c(cc1OC)C(=O)CC2. The van der Waals surface area contributed by atoms with Crippen molar-refractivity contribution in [2.45, 2.75) is 32.3 Å². The van der Waals surface area contributed by atoms with E-state index < -0.39 is 23.1 Å². The summed E-state index contributed by atoms with van der Waals surface area (Å²) in [6, 6.07) is 9.06. The van der Waals surface area contributed by atoms with Crippen molar-refractivity contribution in [2.24, 2.45) is 5.92 Å². The molecule has 0 spiro atoms. The molecule has 3 aromatic carbocycles. The maximum atomic E-state index is 13.4. The second-order valence-electron chi connectivity index (χ2n) is 10.8. The fraction of sp³-hybridized carbons (Fsp3) is 0.353. The normalized spacial score (nSPS) is 14.2. The number of anilines is 1. The molecule has 244 valence electrons. The van der Waals surface area contributed by atoms with Gasteiger partial charge in [-0.05, 0) is 42.3 Å². The summed E-state index contributed by atoms with van der Waals surface area (Å²) in [6.07, 6.45) is 1.42. The number of ketones is 3. The number of methoxy groups -OCH3 is 6. The smallest absolute Gasteiger partial charge is 0.226 e. The molecular formula is C34H37NO11.